The van der Waals surface area contributed by atoms with Crippen LogP contribution in [-0.2, 0) is 6.54 Å². The Kier molecular flexibility index (Phi) is 3.57. The van der Waals surface area contributed by atoms with E-state index in [0.29, 0.717) is 11.6 Å². The van der Waals surface area contributed by atoms with Crippen LogP contribution in [0.25, 0.3) is 0 Å². The van der Waals surface area contributed by atoms with Crippen LogP contribution in [0.1, 0.15) is 15.9 Å². The van der Waals surface area contributed by atoms with Gasteiger partial charge in [0.15, 0.2) is 0 Å². The first-order valence-corrected chi connectivity index (χ1v) is 7.87. The minimum Gasteiger partial charge on any atom is -0.302 e. The van der Waals surface area contributed by atoms with Crippen molar-refractivity contribution in [2.45, 2.75) is 6.54 Å². The van der Waals surface area contributed by atoms with Crippen molar-refractivity contribution < 1.29 is 4.79 Å². The zero-order chi connectivity index (χ0) is 13.6. The fourth-order valence-electron chi connectivity index (χ4n) is 2.17. The minimum absolute atomic E-state index is 0.00789. The van der Waals surface area contributed by atoms with Gasteiger partial charge in [-0.15, -0.1) is 0 Å². The van der Waals surface area contributed by atoms with Gasteiger partial charge in [0.25, 0.3) is 5.91 Å². The lowest BCUT2D eigenvalue weighted by atomic mass is 10.1. The summed E-state index contributed by atoms with van der Waals surface area (Å²) in [6, 6.07) is 11.5. The lowest BCUT2D eigenvalue weighted by Gasteiger charge is -2.17. The van der Waals surface area contributed by atoms with Crippen molar-refractivity contribution in [1.82, 2.24) is 0 Å². The van der Waals surface area contributed by atoms with Crippen molar-refractivity contribution in [3.63, 3.8) is 0 Å². The summed E-state index contributed by atoms with van der Waals surface area (Å²) in [5, 5.41) is 0.568. The molecule has 1 aliphatic rings. The second-order valence-electron chi connectivity index (χ2n) is 4.27. The van der Waals surface area contributed by atoms with E-state index in [9.17, 15) is 4.79 Å². The molecule has 1 heterocycles. The summed E-state index contributed by atoms with van der Waals surface area (Å²) in [4.78, 5) is 14.2. The molecule has 0 saturated heterocycles. The number of anilines is 1. The molecule has 0 aromatic heterocycles. The van der Waals surface area contributed by atoms with Gasteiger partial charge in [0.2, 0.25) is 0 Å². The van der Waals surface area contributed by atoms with E-state index >= 15 is 0 Å². The molecule has 96 valence electrons. The zero-order valence-electron chi connectivity index (χ0n) is 9.66. The summed E-state index contributed by atoms with van der Waals surface area (Å²) in [6.07, 6.45) is 0. The van der Waals surface area contributed by atoms with Crippen LogP contribution in [0.15, 0.2) is 40.9 Å². The van der Waals surface area contributed by atoms with Gasteiger partial charge in [-0.2, -0.15) is 0 Å². The molecule has 5 heteroatoms. The van der Waals surface area contributed by atoms with E-state index in [2.05, 4.69) is 38.5 Å². The maximum Gasteiger partial charge on any atom is 0.259 e. The van der Waals surface area contributed by atoms with Crippen molar-refractivity contribution in [3.8, 4) is 0 Å². The van der Waals surface area contributed by atoms with Crippen LogP contribution >= 0.6 is 50.1 Å². The predicted octanol–water partition coefficient (Wildman–Crippen LogP) is 4.87. The minimum atomic E-state index is 0.00789. The Bertz CT molecular complexity index is 689. The van der Waals surface area contributed by atoms with Crippen molar-refractivity contribution in [2.24, 2.45) is 0 Å². The number of hydrogen-bond donors (Lipinski definition) is 0. The Hall–Kier alpha value is -0.590. The van der Waals surface area contributed by atoms with E-state index in [1.807, 2.05) is 36.4 Å². The number of carbonyl (C=O) groups excluding carboxylic acids is 1. The summed E-state index contributed by atoms with van der Waals surface area (Å²) < 4.78 is 1.86. The first-order chi connectivity index (χ1) is 9.08. The number of amides is 1. The van der Waals surface area contributed by atoms with Crippen LogP contribution < -0.4 is 4.90 Å². The molecule has 0 spiro atoms. The largest absolute Gasteiger partial charge is 0.302 e. The predicted molar refractivity (Wildman–Crippen MR) is 88.8 cm³/mol. The maximum atomic E-state index is 12.5. The van der Waals surface area contributed by atoms with Gasteiger partial charge in [-0.25, -0.2) is 0 Å². The second kappa shape index (κ2) is 5.07. The van der Waals surface area contributed by atoms with Crippen molar-refractivity contribution in [2.75, 3.05) is 4.90 Å². The highest BCUT2D eigenvalue weighted by atomic mass is 127. The molecule has 2 nitrogen and oxygen atoms in total. The molecule has 0 bridgehead atoms. The average molecular weight is 448 g/mol. The Labute approximate surface area is 138 Å². The van der Waals surface area contributed by atoms with E-state index < -0.39 is 0 Å². The molecule has 0 radical (unpaired) electrons. The number of hydrogen-bond acceptors (Lipinski definition) is 1. The Morgan fingerprint density at radius 1 is 1.26 bits per heavy atom. The number of halogens is 3. The van der Waals surface area contributed by atoms with Crippen molar-refractivity contribution >= 4 is 61.7 Å². The Balaban J connectivity index is 2.07. The van der Waals surface area contributed by atoms with Gasteiger partial charge >= 0.3 is 0 Å². The molecule has 2 aromatic rings. The molecular weight excluding hydrogens is 440 g/mol. The van der Waals surface area contributed by atoms with Gasteiger partial charge in [0.05, 0.1) is 17.3 Å². The van der Waals surface area contributed by atoms with Gasteiger partial charge in [0, 0.05) is 13.6 Å². The van der Waals surface area contributed by atoms with Gasteiger partial charge in [0.1, 0.15) is 0 Å². The van der Waals surface area contributed by atoms with Gasteiger partial charge in [-0.3, -0.25) is 4.79 Å². The smallest absolute Gasteiger partial charge is 0.259 e. The van der Waals surface area contributed by atoms with Gasteiger partial charge in [-0.05, 0) is 68.3 Å². The Morgan fingerprint density at radius 3 is 2.84 bits per heavy atom. The van der Waals surface area contributed by atoms with E-state index in [0.717, 1.165) is 24.9 Å². The summed E-state index contributed by atoms with van der Waals surface area (Å²) in [5.74, 6) is 0.00789. The highest BCUT2D eigenvalue weighted by Gasteiger charge is 2.30. The van der Waals surface area contributed by atoms with Crippen LogP contribution in [0.5, 0.6) is 0 Å². The zero-order valence-corrected chi connectivity index (χ0v) is 14.2. The molecule has 0 unspecified atom stereocenters. The molecule has 0 atom stereocenters. The fourth-order valence-corrected chi connectivity index (χ4v) is 3.24. The summed E-state index contributed by atoms with van der Waals surface area (Å²) in [6.45, 7) is 0.571. The van der Waals surface area contributed by atoms with Crippen LogP contribution in [-0.4, -0.2) is 5.91 Å². The van der Waals surface area contributed by atoms with Gasteiger partial charge in [-0.1, -0.05) is 23.7 Å². The van der Waals surface area contributed by atoms with Crippen LogP contribution in [0.4, 0.5) is 5.69 Å². The van der Waals surface area contributed by atoms with E-state index in [4.69, 9.17) is 11.6 Å². The standard InChI is InChI=1S/C14H8BrClINO/c15-11-2-1-3-12(13(11)16)18-7-8-4-5-9(17)6-10(8)14(18)19/h1-6H,7H2. The highest BCUT2D eigenvalue weighted by molar-refractivity contribution is 14.1. The first-order valence-electron chi connectivity index (χ1n) is 5.62. The van der Waals surface area contributed by atoms with Crippen molar-refractivity contribution in [1.29, 1.82) is 0 Å². The number of benzene rings is 2. The lowest BCUT2D eigenvalue weighted by molar-refractivity contribution is 0.0996. The summed E-state index contributed by atoms with van der Waals surface area (Å²) >= 11 is 11.9. The average Bonchev–Trinajstić information content (AvgIpc) is 2.70. The van der Waals surface area contributed by atoms with E-state index in [1.54, 1.807) is 4.90 Å². The third-order valence-electron chi connectivity index (χ3n) is 3.10. The molecule has 0 saturated carbocycles. The van der Waals surface area contributed by atoms with Crippen LogP contribution in [0, 0.1) is 3.57 Å². The van der Waals surface area contributed by atoms with E-state index in [-0.39, 0.29) is 5.91 Å². The number of rotatable bonds is 1. The van der Waals surface area contributed by atoms with E-state index in [1.165, 1.54) is 0 Å². The number of carbonyl (C=O) groups is 1. The molecule has 2 aromatic carbocycles. The summed E-state index contributed by atoms with van der Waals surface area (Å²) in [7, 11) is 0. The lowest BCUT2D eigenvalue weighted by Crippen LogP contribution is -2.23. The maximum absolute atomic E-state index is 12.5. The molecule has 1 amide bonds. The number of fused-ring (bicyclic) bond motifs is 1. The Morgan fingerprint density at radius 2 is 2.05 bits per heavy atom. The SMILES string of the molecule is O=C1c2cc(I)ccc2CN1c1cccc(Br)c1Cl. The number of nitrogens with zero attached hydrogens (tertiary/aromatic N) is 1. The molecule has 19 heavy (non-hydrogen) atoms. The molecule has 0 fully saturated rings. The van der Waals surface area contributed by atoms with Crippen LogP contribution in [0.2, 0.25) is 5.02 Å². The van der Waals surface area contributed by atoms with Gasteiger partial charge < -0.3 is 4.90 Å². The van der Waals surface area contributed by atoms with Crippen molar-refractivity contribution in [3.05, 3.63) is 60.6 Å². The fraction of sp³-hybridized carbons (Fsp3) is 0.0714. The molecule has 1 aliphatic heterocycles. The second-order valence-corrected chi connectivity index (χ2v) is 6.74. The molecule has 0 aliphatic carbocycles. The monoisotopic (exact) mass is 447 g/mol. The topological polar surface area (TPSA) is 20.3 Å². The highest BCUT2D eigenvalue weighted by Crippen LogP contribution is 2.37. The molecule has 3 rings (SSSR count). The molecule has 0 N–H and O–H groups in total. The third kappa shape index (κ3) is 2.30. The summed E-state index contributed by atoms with van der Waals surface area (Å²) in [5.41, 5.74) is 2.55. The van der Waals surface area contributed by atoms with Crippen LogP contribution in [0.3, 0.4) is 0 Å². The normalized spacial score (nSPS) is 13.8. The quantitative estimate of drug-likeness (QED) is 0.571. The molecular formula is C14H8BrClINO. The third-order valence-corrected chi connectivity index (χ3v) is 5.06. The first kappa shape index (κ1) is 13.4.